The molecule has 33 heavy (non-hydrogen) atoms. The molecule has 168 valence electrons. The zero-order chi connectivity index (χ0) is 23.6. The van der Waals surface area contributed by atoms with Gasteiger partial charge in [0.1, 0.15) is 11.6 Å². The van der Waals surface area contributed by atoms with Crippen LogP contribution in [0.4, 0.5) is 4.39 Å². The number of carbonyl (C=O) groups is 2. The molecule has 0 aliphatic carbocycles. The molecule has 7 heteroatoms. The van der Waals surface area contributed by atoms with E-state index in [1.54, 1.807) is 86.0 Å². The van der Waals surface area contributed by atoms with E-state index in [4.69, 9.17) is 9.94 Å². The second-order valence-electron chi connectivity index (χ2n) is 7.04. The third-order valence-corrected chi connectivity index (χ3v) is 4.81. The van der Waals surface area contributed by atoms with Crippen molar-refractivity contribution >= 4 is 29.5 Å². The van der Waals surface area contributed by atoms with Crippen LogP contribution >= 0.6 is 0 Å². The summed E-state index contributed by atoms with van der Waals surface area (Å²) in [6, 6.07) is 20.4. The van der Waals surface area contributed by atoms with Gasteiger partial charge < -0.3 is 10.1 Å². The van der Waals surface area contributed by atoms with Gasteiger partial charge in [-0.15, -0.1) is 0 Å². The zero-order valence-electron chi connectivity index (χ0n) is 17.9. The van der Waals surface area contributed by atoms with Crippen molar-refractivity contribution in [3.05, 3.63) is 107 Å². The number of amides is 2. The maximum atomic E-state index is 14.5. The highest BCUT2D eigenvalue weighted by Gasteiger charge is 2.16. The molecule has 3 aromatic carbocycles. The van der Waals surface area contributed by atoms with E-state index < -0.39 is 17.6 Å². The molecular weight excluding hydrogens is 423 g/mol. The molecule has 0 heterocycles. The van der Waals surface area contributed by atoms with Crippen molar-refractivity contribution in [2.75, 3.05) is 7.11 Å². The number of hydrogen-bond acceptors (Lipinski definition) is 4. The lowest BCUT2D eigenvalue weighted by Crippen LogP contribution is -2.24. The minimum absolute atomic E-state index is 0.202. The van der Waals surface area contributed by atoms with E-state index in [0.717, 1.165) is 16.7 Å². The Labute approximate surface area is 191 Å². The molecule has 0 aromatic heterocycles. The second kappa shape index (κ2) is 11.4. The number of hydrogen-bond donors (Lipinski definition) is 3. The Hall–Kier alpha value is -4.23. The Morgan fingerprint density at radius 2 is 1.64 bits per heavy atom. The Kier molecular flexibility index (Phi) is 8.10. The maximum Gasteiger partial charge on any atom is 0.267 e. The number of ether oxygens (including phenoxy) is 1. The predicted octanol–water partition coefficient (Wildman–Crippen LogP) is 4.21. The number of benzene rings is 3. The van der Waals surface area contributed by atoms with Crippen LogP contribution in [0.15, 0.2) is 78.9 Å². The summed E-state index contributed by atoms with van der Waals surface area (Å²) in [5, 5.41) is 11.3. The predicted molar refractivity (Wildman–Crippen MR) is 125 cm³/mol. The van der Waals surface area contributed by atoms with E-state index in [1.165, 1.54) is 17.6 Å². The normalized spacial score (nSPS) is 11.3. The summed E-state index contributed by atoms with van der Waals surface area (Å²) < 4.78 is 19.7. The second-order valence-corrected chi connectivity index (χ2v) is 7.04. The number of methoxy groups -OCH3 is 1. The summed E-state index contributed by atoms with van der Waals surface area (Å²) in [4.78, 5) is 24.1. The third-order valence-electron chi connectivity index (χ3n) is 4.81. The number of halogens is 1. The standard InChI is InChI=1S/C26H23FN2O4/c1-33-21-13-10-19(11-14-21)16-23(22-4-2-3-5-24(22)27)26(31)28-17-20-8-6-18(7-9-20)12-15-25(30)29-32/h2-16,32H,17H2,1H3,(H,28,31)(H,29,30)/b15-12+,23-16+. The molecule has 0 radical (unpaired) electrons. The van der Waals surface area contributed by atoms with Crippen LogP contribution in [0.25, 0.3) is 17.7 Å². The van der Waals surface area contributed by atoms with E-state index in [1.807, 2.05) is 0 Å². The van der Waals surface area contributed by atoms with Gasteiger partial charge in [-0.3, -0.25) is 14.8 Å². The molecule has 0 spiro atoms. The summed E-state index contributed by atoms with van der Waals surface area (Å²) in [6.45, 7) is 0.231. The topological polar surface area (TPSA) is 87.7 Å². The maximum absolute atomic E-state index is 14.5. The molecule has 6 nitrogen and oxygen atoms in total. The molecule has 3 N–H and O–H groups in total. The Morgan fingerprint density at radius 1 is 0.970 bits per heavy atom. The lowest BCUT2D eigenvalue weighted by molar-refractivity contribution is -0.124. The lowest BCUT2D eigenvalue weighted by Gasteiger charge is -2.11. The van der Waals surface area contributed by atoms with Gasteiger partial charge in [0.05, 0.1) is 12.7 Å². The molecule has 0 fully saturated rings. The van der Waals surface area contributed by atoms with Crippen molar-refractivity contribution in [1.29, 1.82) is 0 Å². The fourth-order valence-electron chi connectivity index (χ4n) is 3.05. The highest BCUT2D eigenvalue weighted by molar-refractivity contribution is 6.24. The molecule has 0 saturated heterocycles. The van der Waals surface area contributed by atoms with E-state index in [2.05, 4.69) is 5.32 Å². The van der Waals surface area contributed by atoms with Crippen molar-refractivity contribution in [3.8, 4) is 5.75 Å². The van der Waals surface area contributed by atoms with E-state index >= 15 is 0 Å². The molecule has 0 aliphatic rings. The largest absolute Gasteiger partial charge is 0.497 e. The summed E-state index contributed by atoms with van der Waals surface area (Å²) in [5.74, 6) is -0.857. The first-order valence-electron chi connectivity index (χ1n) is 10.1. The average molecular weight is 446 g/mol. The minimum Gasteiger partial charge on any atom is -0.497 e. The number of hydroxylamine groups is 1. The summed E-state index contributed by atoms with van der Waals surface area (Å²) in [7, 11) is 1.57. The first-order chi connectivity index (χ1) is 16.0. The van der Waals surface area contributed by atoms with Crippen LogP contribution in [0.5, 0.6) is 5.75 Å². The van der Waals surface area contributed by atoms with Crippen molar-refractivity contribution in [1.82, 2.24) is 10.8 Å². The van der Waals surface area contributed by atoms with Crippen LogP contribution in [0.1, 0.15) is 22.3 Å². The average Bonchev–Trinajstić information content (AvgIpc) is 2.86. The van der Waals surface area contributed by atoms with Crippen LogP contribution < -0.4 is 15.5 Å². The Balaban J connectivity index is 1.78. The molecule has 0 unspecified atom stereocenters. The van der Waals surface area contributed by atoms with Crippen LogP contribution in [0.2, 0.25) is 0 Å². The van der Waals surface area contributed by atoms with Crippen molar-refractivity contribution < 1.29 is 23.9 Å². The van der Waals surface area contributed by atoms with Gasteiger partial charge in [0.2, 0.25) is 0 Å². The Bertz CT molecular complexity index is 1170. The summed E-state index contributed by atoms with van der Waals surface area (Å²) >= 11 is 0. The van der Waals surface area contributed by atoms with Crippen molar-refractivity contribution in [2.24, 2.45) is 0 Å². The van der Waals surface area contributed by atoms with Gasteiger partial charge in [0, 0.05) is 18.2 Å². The van der Waals surface area contributed by atoms with Crippen LogP contribution in [0, 0.1) is 5.82 Å². The van der Waals surface area contributed by atoms with Crippen LogP contribution in [0.3, 0.4) is 0 Å². The third kappa shape index (κ3) is 6.62. The van der Waals surface area contributed by atoms with Gasteiger partial charge in [-0.2, -0.15) is 0 Å². The van der Waals surface area contributed by atoms with Crippen LogP contribution in [-0.2, 0) is 16.1 Å². The van der Waals surface area contributed by atoms with E-state index in [0.29, 0.717) is 5.75 Å². The fraction of sp³-hybridized carbons (Fsp3) is 0.0769. The Morgan fingerprint density at radius 3 is 2.27 bits per heavy atom. The highest BCUT2D eigenvalue weighted by atomic mass is 19.1. The zero-order valence-corrected chi connectivity index (χ0v) is 17.9. The van der Waals surface area contributed by atoms with Gasteiger partial charge in [-0.25, -0.2) is 9.87 Å². The van der Waals surface area contributed by atoms with Gasteiger partial charge >= 0.3 is 0 Å². The van der Waals surface area contributed by atoms with Gasteiger partial charge in [-0.05, 0) is 47.0 Å². The molecule has 0 atom stereocenters. The fourth-order valence-corrected chi connectivity index (χ4v) is 3.05. The molecule has 3 rings (SSSR count). The summed E-state index contributed by atoms with van der Waals surface area (Å²) in [5.41, 5.74) is 4.23. The van der Waals surface area contributed by atoms with Crippen molar-refractivity contribution in [2.45, 2.75) is 6.54 Å². The number of carbonyl (C=O) groups excluding carboxylic acids is 2. The van der Waals surface area contributed by atoms with Crippen LogP contribution in [-0.4, -0.2) is 24.1 Å². The monoisotopic (exact) mass is 446 g/mol. The molecule has 0 bridgehead atoms. The van der Waals surface area contributed by atoms with E-state index in [9.17, 15) is 14.0 Å². The first kappa shape index (κ1) is 23.4. The molecule has 0 saturated carbocycles. The first-order valence-corrected chi connectivity index (χ1v) is 10.1. The molecule has 0 aliphatic heterocycles. The quantitative estimate of drug-likeness (QED) is 0.209. The molecule has 2 amide bonds. The lowest BCUT2D eigenvalue weighted by atomic mass is 10.0. The number of rotatable bonds is 8. The highest BCUT2D eigenvalue weighted by Crippen LogP contribution is 2.23. The van der Waals surface area contributed by atoms with Crippen molar-refractivity contribution in [3.63, 3.8) is 0 Å². The van der Waals surface area contributed by atoms with Gasteiger partial charge in [-0.1, -0.05) is 54.6 Å². The SMILES string of the molecule is COc1ccc(/C=C(/C(=O)NCc2ccc(/C=C/C(=O)NO)cc2)c2ccccc2F)cc1. The summed E-state index contributed by atoms with van der Waals surface area (Å²) in [6.07, 6.45) is 4.37. The molecular formula is C26H23FN2O4. The van der Waals surface area contributed by atoms with Gasteiger partial charge in [0.25, 0.3) is 11.8 Å². The number of nitrogens with one attached hydrogen (secondary N) is 2. The molecule has 3 aromatic rings. The van der Waals surface area contributed by atoms with E-state index in [-0.39, 0.29) is 17.7 Å². The minimum atomic E-state index is -0.629. The van der Waals surface area contributed by atoms with Gasteiger partial charge in [0.15, 0.2) is 0 Å². The smallest absolute Gasteiger partial charge is 0.267 e.